The molecule has 0 aliphatic heterocycles. The number of hydrogen-bond donors (Lipinski definition) is 0. The van der Waals surface area contributed by atoms with Crippen molar-refractivity contribution in [1.29, 1.82) is 0 Å². The van der Waals surface area contributed by atoms with Crippen LogP contribution in [0.25, 0.3) is 0 Å². The van der Waals surface area contributed by atoms with Gasteiger partial charge >= 0.3 is 0 Å². The Bertz CT molecular complexity index is 75.9. The van der Waals surface area contributed by atoms with Crippen LogP contribution in [0.4, 0.5) is 0 Å². The molecule has 0 saturated carbocycles. The molecule has 0 aromatic heterocycles. The Morgan fingerprint density at radius 1 is 1.43 bits per heavy atom. The summed E-state index contributed by atoms with van der Waals surface area (Å²) in [5.74, 6) is 6.14. The molecule has 0 radical (unpaired) electrons. The zero-order valence-corrected chi connectivity index (χ0v) is 5.26. The molecule has 0 heterocycles. The molecule has 7 heavy (non-hydrogen) atoms. The Morgan fingerprint density at radius 2 is 2.14 bits per heavy atom. The van der Waals surface area contributed by atoms with E-state index < -0.39 is 0 Å². The van der Waals surface area contributed by atoms with E-state index in [9.17, 15) is 0 Å². The normalized spacial score (nSPS) is 7.14. The van der Waals surface area contributed by atoms with Gasteiger partial charge in [0.15, 0.2) is 0 Å². The van der Waals surface area contributed by atoms with Crippen molar-refractivity contribution in [3.05, 3.63) is 0 Å². The summed E-state index contributed by atoms with van der Waals surface area (Å²) in [6, 6.07) is 0. The molecule has 0 nitrogen and oxygen atoms in total. The third kappa shape index (κ3) is 5.85. The molecule has 0 N–H and O–H groups in total. The molecular formula is C6H9Cl. The van der Waals surface area contributed by atoms with E-state index in [1.807, 2.05) is 0 Å². The quantitative estimate of drug-likeness (QED) is 0.363. The molecule has 1 heteroatoms. The standard InChI is InChI=1S/C6H9Cl/c1-2-3-4-5-6-7/h2-3,6H2,1H3. The molecule has 0 spiro atoms. The monoisotopic (exact) mass is 116 g/mol. The maximum absolute atomic E-state index is 5.26. The van der Waals surface area contributed by atoms with Crippen LogP contribution in [0.15, 0.2) is 0 Å². The van der Waals surface area contributed by atoms with Crippen LogP contribution >= 0.6 is 11.6 Å². The summed E-state index contributed by atoms with van der Waals surface area (Å²) in [5, 5.41) is 0. The zero-order chi connectivity index (χ0) is 5.54. The fourth-order valence-electron chi connectivity index (χ4n) is 0.261. The van der Waals surface area contributed by atoms with Gasteiger partial charge < -0.3 is 0 Å². The largest absolute Gasteiger partial charge is 0.113 e. The Morgan fingerprint density at radius 3 is 2.57 bits per heavy atom. The minimum absolute atomic E-state index is 0.472. The Kier molecular flexibility index (Phi) is 5.72. The van der Waals surface area contributed by atoms with Crippen LogP contribution in [0.1, 0.15) is 19.8 Å². The SMILES string of the molecule is CCCC#CCCl. The fraction of sp³-hybridized carbons (Fsp3) is 0.667. The number of hydrogen-bond acceptors (Lipinski definition) is 0. The van der Waals surface area contributed by atoms with Crippen molar-refractivity contribution >= 4 is 11.6 Å². The Labute approximate surface area is 49.9 Å². The lowest BCUT2D eigenvalue weighted by molar-refractivity contribution is 0.983. The van der Waals surface area contributed by atoms with Gasteiger partial charge in [0.1, 0.15) is 0 Å². The van der Waals surface area contributed by atoms with Crippen molar-refractivity contribution in [3.8, 4) is 11.8 Å². The first-order valence-electron chi connectivity index (χ1n) is 2.43. The van der Waals surface area contributed by atoms with Gasteiger partial charge in [-0.2, -0.15) is 0 Å². The third-order valence-electron chi connectivity index (χ3n) is 0.567. The predicted molar refractivity (Wildman–Crippen MR) is 33.4 cm³/mol. The van der Waals surface area contributed by atoms with Crippen LogP contribution < -0.4 is 0 Å². The van der Waals surface area contributed by atoms with Crippen LogP contribution in [0.5, 0.6) is 0 Å². The van der Waals surface area contributed by atoms with E-state index in [4.69, 9.17) is 11.6 Å². The molecule has 0 aliphatic rings. The van der Waals surface area contributed by atoms with Gasteiger partial charge in [-0.15, -0.1) is 17.5 Å². The lowest BCUT2D eigenvalue weighted by atomic mass is 10.3. The summed E-state index contributed by atoms with van der Waals surface area (Å²) in [5.41, 5.74) is 0. The fourth-order valence-corrected chi connectivity index (χ4v) is 0.355. The lowest BCUT2D eigenvalue weighted by Crippen LogP contribution is -1.62. The van der Waals surface area contributed by atoms with Gasteiger partial charge in [-0.05, 0) is 6.42 Å². The van der Waals surface area contributed by atoms with Crippen molar-refractivity contribution in [3.63, 3.8) is 0 Å². The van der Waals surface area contributed by atoms with Gasteiger partial charge in [0.2, 0.25) is 0 Å². The average Bonchev–Trinajstić information content (AvgIpc) is 1.69. The predicted octanol–water partition coefficient (Wildman–Crippen LogP) is 2.03. The van der Waals surface area contributed by atoms with Gasteiger partial charge in [-0.25, -0.2) is 0 Å². The zero-order valence-electron chi connectivity index (χ0n) is 4.50. The Hall–Kier alpha value is -0.150. The van der Waals surface area contributed by atoms with Crippen molar-refractivity contribution in [2.24, 2.45) is 0 Å². The number of unbranched alkanes of at least 4 members (excludes halogenated alkanes) is 1. The third-order valence-corrected chi connectivity index (χ3v) is 0.700. The molecule has 0 amide bonds. The van der Waals surface area contributed by atoms with Crippen LogP contribution in [-0.2, 0) is 0 Å². The molecule has 0 aromatic rings. The van der Waals surface area contributed by atoms with Gasteiger partial charge in [-0.1, -0.05) is 12.8 Å². The second-order valence-corrected chi connectivity index (χ2v) is 1.50. The molecule has 0 fully saturated rings. The summed E-state index contributed by atoms with van der Waals surface area (Å²) in [7, 11) is 0. The maximum atomic E-state index is 5.26. The first kappa shape index (κ1) is 6.85. The molecule has 0 saturated heterocycles. The van der Waals surface area contributed by atoms with E-state index in [0.717, 1.165) is 12.8 Å². The van der Waals surface area contributed by atoms with Crippen LogP contribution in [0.2, 0.25) is 0 Å². The van der Waals surface area contributed by atoms with Crippen molar-refractivity contribution < 1.29 is 0 Å². The first-order chi connectivity index (χ1) is 3.41. The van der Waals surface area contributed by atoms with Crippen LogP contribution in [0.3, 0.4) is 0 Å². The topological polar surface area (TPSA) is 0 Å². The van der Waals surface area contributed by atoms with Crippen molar-refractivity contribution in [1.82, 2.24) is 0 Å². The van der Waals surface area contributed by atoms with E-state index in [1.165, 1.54) is 0 Å². The minimum Gasteiger partial charge on any atom is -0.113 e. The van der Waals surface area contributed by atoms with Gasteiger partial charge in [0, 0.05) is 6.42 Å². The smallest absolute Gasteiger partial charge is 0.0835 e. The highest BCUT2D eigenvalue weighted by Gasteiger charge is 1.66. The molecule has 0 bridgehead atoms. The number of alkyl halides is 1. The molecule has 40 valence electrons. The number of rotatable bonds is 1. The second kappa shape index (κ2) is 5.85. The number of halogens is 1. The molecular weight excluding hydrogens is 108 g/mol. The summed E-state index contributed by atoms with van der Waals surface area (Å²) >= 11 is 5.26. The van der Waals surface area contributed by atoms with E-state index in [1.54, 1.807) is 0 Å². The minimum atomic E-state index is 0.472. The molecule has 0 rings (SSSR count). The van der Waals surface area contributed by atoms with Crippen molar-refractivity contribution in [2.75, 3.05) is 5.88 Å². The summed E-state index contributed by atoms with van der Waals surface area (Å²) in [6.45, 7) is 2.10. The molecule has 0 aliphatic carbocycles. The molecule has 0 atom stereocenters. The highest BCUT2D eigenvalue weighted by molar-refractivity contribution is 6.19. The van der Waals surface area contributed by atoms with E-state index in [-0.39, 0.29) is 0 Å². The highest BCUT2D eigenvalue weighted by atomic mass is 35.5. The van der Waals surface area contributed by atoms with Gasteiger partial charge in [-0.3, -0.25) is 0 Å². The molecule has 0 unspecified atom stereocenters. The molecule has 0 aromatic carbocycles. The van der Waals surface area contributed by atoms with E-state index in [2.05, 4.69) is 18.8 Å². The summed E-state index contributed by atoms with van der Waals surface area (Å²) in [6.07, 6.45) is 2.11. The Balaban J connectivity index is 2.91. The summed E-state index contributed by atoms with van der Waals surface area (Å²) in [4.78, 5) is 0. The maximum Gasteiger partial charge on any atom is 0.0835 e. The van der Waals surface area contributed by atoms with Crippen molar-refractivity contribution in [2.45, 2.75) is 19.8 Å². The van der Waals surface area contributed by atoms with Crippen LogP contribution in [-0.4, -0.2) is 5.88 Å². The first-order valence-corrected chi connectivity index (χ1v) is 2.97. The van der Waals surface area contributed by atoms with Gasteiger partial charge in [0.05, 0.1) is 5.88 Å². The van der Waals surface area contributed by atoms with E-state index in [0.29, 0.717) is 5.88 Å². The lowest BCUT2D eigenvalue weighted by Gasteiger charge is -1.73. The van der Waals surface area contributed by atoms with Crippen LogP contribution in [0, 0.1) is 11.8 Å². The summed E-state index contributed by atoms with van der Waals surface area (Å²) < 4.78 is 0. The average molecular weight is 117 g/mol. The van der Waals surface area contributed by atoms with E-state index >= 15 is 0 Å². The second-order valence-electron chi connectivity index (χ2n) is 1.24. The van der Waals surface area contributed by atoms with Gasteiger partial charge in [0.25, 0.3) is 0 Å². The highest BCUT2D eigenvalue weighted by Crippen LogP contribution is 1.80.